The zero-order valence-corrected chi connectivity index (χ0v) is 12.6. The normalized spacial score (nSPS) is 12.0. The van der Waals surface area contributed by atoms with E-state index in [1.54, 1.807) is 12.1 Å². The standard InChI is InChI=1S/C14H16N4O2S/c1-9-7-14(10(2)6-13(9)15)18-17-11-4-3-5-12(8-11)21(16,19)20/h3-8H,15H2,1-2H3,(H2,16,19,20). The molecule has 0 heterocycles. The molecule has 0 saturated carbocycles. The molecule has 0 saturated heterocycles. The van der Waals surface area contributed by atoms with Crippen molar-refractivity contribution in [2.75, 3.05) is 5.73 Å². The zero-order valence-electron chi connectivity index (χ0n) is 11.7. The lowest BCUT2D eigenvalue weighted by Crippen LogP contribution is -2.11. The van der Waals surface area contributed by atoms with Gasteiger partial charge in [-0.3, -0.25) is 0 Å². The second-order valence-corrected chi connectivity index (χ2v) is 6.30. The van der Waals surface area contributed by atoms with E-state index in [1.807, 2.05) is 26.0 Å². The van der Waals surface area contributed by atoms with Crippen LogP contribution in [0, 0.1) is 13.8 Å². The molecule has 2 rings (SSSR count). The van der Waals surface area contributed by atoms with E-state index in [-0.39, 0.29) is 4.90 Å². The van der Waals surface area contributed by atoms with Gasteiger partial charge in [0.05, 0.1) is 16.3 Å². The summed E-state index contributed by atoms with van der Waals surface area (Å²) in [5.74, 6) is 0. The van der Waals surface area contributed by atoms with Crippen molar-refractivity contribution >= 4 is 27.1 Å². The molecule has 6 nitrogen and oxygen atoms in total. The van der Waals surface area contributed by atoms with E-state index in [2.05, 4.69) is 10.2 Å². The van der Waals surface area contributed by atoms with E-state index in [0.717, 1.165) is 11.1 Å². The maximum absolute atomic E-state index is 11.3. The summed E-state index contributed by atoms with van der Waals surface area (Å²) in [6.07, 6.45) is 0. The third kappa shape index (κ3) is 3.65. The van der Waals surface area contributed by atoms with Crippen molar-refractivity contribution < 1.29 is 8.42 Å². The Morgan fingerprint density at radius 3 is 2.38 bits per heavy atom. The number of aryl methyl sites for hydroxylation is 2. The minimum Gasteiger partial charge on any atom is -0.399 e. The second-order valence-electron chi connectivity index (χ2n) is 4.74. The van der Waals surface area contributed by atoms with Crippen LogP contribution in [0.2, 0.25) is 0 Å². The lowest BCUT2D eigenvalue weighted by atomic mass is 10.1. The number of benzene rings is 2. The number of nitrogens with two attached hydrogens (primary N) is 2. The predicted molar refractivity (Wildman–Crippen MR) is 82.3 cm³/mol. The number of nitrogens with zero attached hydrogens (tertiary/aromatic N) is 2. The molecule has 2 aromatic carbocycles. The average molecular weight is 304 g/mol. The Balaban J connectivity index is 2.36. The van der Waals surface area contributed by atoms with Gasteiger partial charge in [-0.1, -0.05) is 6.07 Å². The lowest BCUT2D eigenvalue weighted by molar-refractivity contribution is 0.598. The number of sulfonamides is 1. The van der Waals surface area contributed by atoms with Crippen LogP contribution in [0.4, 0.5) is 17.1 Å². The highest BCUT2D eigenvalue weighted by atomic mass is 32.2. The number of nitrogen functional groups attached to an aromatic ring is 1. The van der Waals surface area contributed by atoms with Gasteiger partial charge in [0.1, 0.15) is 0 Å². The van der Waals surface area contributed by atoms with E-state index in [0.29, 0.717) is 17.1 Å². The molecular weight excluding hydrogens is 288 g/mol. The zero-order chi connectivity index (χ0) is 15.6. The predicted octanol–water partition coefficient (Wildman–Crippen LogP) is 2.95. The van der Waals surface area contributed by atoms with E-state index in [4.69, 9.17) is 10.9 Å². The second kappa shape index (κ2) is 5.63. The molecule has 0 aliphatic carbocycles. The molecule has 0 unspecified atom stereocenters. The Labute approximate surface area is 123 Å². The summed E-state index contributed by atoms with van der Waals surface area (Å²) in [7, 11) is -3.75. The molecule has 0 bridgehead atoms. The molecule has 0 aromatic heterocycles. The Morgan fingerprint density at radius 1 is 1.00 bits per heavy atom. The average Bonchev–Trinajstić information content (AvgIpc) is 2.41. The van der Waals surface area contributed by atoms with E-state index < -0.39 is 10.0 Å². The Kier molecular flexibility index (Phi) is 4.06. The Bertz CT molecular complexity index is 814. The van der Waals surface area contributed by atoms with E-state index >= 15 is 0 Å². The molecule has 0 spiro atoms. The van der Waals surface area contributed by atoms with E-state index in [9.17, 15) is 8.42 Å². The smallest absolute Gasteiger partial charge is 0.238 e. The summed E-state index contributed by atoms with van der Waals surface area (Å²) >= 11 is 0. The quantitative estimate of drug-likeness (QED) is 0.671. The van der Waals surface area contributed by atoms with Crippen LogP contribution >= 0.6 is 0 Å². The van der Waals surface area contributed by atoms with E-state index in [1.165, 1.54) is 12.1 Å². The first-order valence-corrected chi connectivity index (χ1v) is 7.73. The van der Waals surface area contributed by atoms with Gasteiger partial charge in [-0.05, 0) is 55.3 Å². The van der Waals surface area contributed by atoms with Gasteiger partial charge in [-0.2, -0.15) is 10.2 Å². The molecule has 7 heteroatoms. The first-order chi connectivity index (χ1) is 9.77. The summed E-state index contributed by atoms with van der Waals surface area (Å²) in [5, 5.41) is 13.3. The van der Waals surface area contributed by atoms with Gasteiger partial charge < -0.3 is 5.73 Å². The molecule has 0 aliphatic rings. The summed E-state index contributed by atoms with van der Waals surface area (Å²) in [6, 6.07) is 9.65. The van der Waals surface area contributed by atoms with Crippen molar-refractivity contribution in [3.8, 4) is 0 Å². The fraction of sp³-hybridized carbons (Fsp3) is 0.143. The number of rotatable bonds is 3. The van der Waals surface area contributed by atoms with Crippen molar-refractivity contribution in [1.29, 1.82) is 0 Å². The van der Waals surface area contributed by atoms with Crippen LogP contribution in [-0.4, -0.2) is 8.42 Å². The van der Waals surface area contributed by atoms with Crippen LogP contribution in [0.15, 0.2) is 51.5 Å². The van der Waals surface area contributed by atoms with Crippen molar-refractivity contribution in [2.24, 2.45) is 15.4 Å². The topological polar surface area (TPSA) is 111 Å². The van der Waals surface area contributed by atoms with Crippen LogP contribution in [0.25, 0.3) is 0 Å². The largest absolute Gasteiger partial charge is 0.399 e. The number of azo groups is 1. The third-order valence-corrected chi connectivity index (χ3v) is 3.91. The third-order valence-electron chi connectivity index (χ3n) is 3.00. The Hall–Kier alpha value is -2.25. The lowest BCUT2D eigenvalue weighted by Gasteiger charge is -2.04. The summed E-state index contributed by atoms with van der Waals surface area (Å²) in [4.78, 5) is 0.00385. The van der Waals surface area contributed by atoms with Crippen molar-refractivity contribution in [2.45, 2.75) is 18.7 Å². The number of hydrogen-bond donors (Lipinski definition) is 2. The molecule has 0 radical (unpaired) electrons. The van der Waals surface area contributed by atoms with Gasteiger partial charge in [0.15, 0.2) is 0 Å². The molecule has 0 amide bonds. The molecule has 0 aliphatic heterocycles. The number of anilines is 1. The maximum Gasteiger partial charge on any atom is 0.238 e. The van der Waals surface area contributed by atoms with Gasteiger partial charge in [-0.25, -0.2) is 13.6 Å². The molecule has 110 valence electrons. The maximum atomic E-state index is 11.3. The van der Waals surface area contributed by atoms with Gasteiger partial charge >= 0.3 is 0 Å². The Morgan fingerprint density at radius 2 is 1.71 bits per heavy atom. The fourth-order valence-corrected chi connectivity index (χ4v) is 2.32. The van der Waals surface area contributed by atoms with Crippen LogP contribution < -0.4 is 10.9 Å². The van der Waals surface area contributed by atoms with Crippen molar-refractivity contribution in [1.82, 2.24) is 0 Å². The molecule has 0 fully saturated rings. The van der Waals surface area contributed by atoms with Crippen molar-refractivity contribution in [3.05, 3.63) is 47.5 Å². The minimum absolute atomic E-state index is 0.00385. The van der Waals surface area contributed by atoms with Crippen LogP contribution in [0.1, 0.15) is 11.1 Å². The summed E-state index contributed by atoms with van der Waals surface area (Å²) in [6.45, 7) is 3.76. The van der Waals surface area contributed by atoms with Crippen molar-refractivity contribution in [3.63, 3.8) is 0 Å². The highest BCUT2D eigenvalue weighted by Crippen LogP contribution is 2.27. The molecule has 2 aromatic rings. The molecule has 4 N–H and O–H groups in total. The van der Waals surface area contributed by atoms with Gasteiger partial charge in [0.25, 0.3) is 0 Å². The van der Waals surface area contributed by atoms with Gasteiger partial charge in [-0.15, -0.1) is 0 Å². The van der Waals surface area contributed by atoms with Gasteiger partial charge in [0, 0.05) is 5.69 Å². The van der Waals surface area contributed by atoms with Crippen LogP contribution in [-0.2, 0) is 10.0 Å². The number of primary sulfonamides is 1. The molecule has 0 atom stereocenters. The minimum atomic E-state index is -3.75. The summed E-state index contributed by atoms with van der Waals surface area (Å²) < 4.78 is 22.6. The number of hydrogen-bond acceptors (Lipinski definition) is 5. The highest BCUT2D eigenvalue weighted by Gasteiger charge is 2.07. The molecular formula is C14H16N4O2S. The van der Waals surface area contributed by atoms with Crippen LogP contribution in [0.5, 0.6) is 0 Å². The summed E-state index contributed by atoms with van der Waals surface area (Å²) in [5.41, 5.74) is 9.41. The first-order valence-electron chi connectivity index (χ1n) is 6.19. The highest BCUT2D eigenvalue weighted by molar-refractivity contribution is 7.89. The van der Waals surface area contributed by atoms with Crippen LogP contribution in [0.3, 0.4) is 0 Å². The van der Waals surface area contributed by atoms with Gasteiger partial charge in [0.2, 0.25) is 10.0 Å². The monoisotopic (exact) mass is 304 g/mol. The molecule has 21 heavy (non-hydrogen) atoms. The fourth-order valence-electron chi connectivity index (χ4n) is 1.77. The SMILES string of the molecule is Cc1cc(N=Nc2cccc(S(N)(=O)=O)c2)c(C)cc1N. The first kappa shape index (κ1) is 15.1.